The van der Waals surface area contributed by atoms with Crippen LogP contribution in [0.4, 0.5) is 0 Å². The van der Waals surface area contributed by atoms with Crippen molar-refractivity contribution >= 4 is 11.7 Å². The van der Waals surface area contributed by atoms with E-state index < -0.39 is 0 Å². The molecule has 0 saturated heterocycles. The minimum absolute atomic E-state index is 0.160. The molecule has 0 bridgehead atoms. The van der Waals surface area contributed by atoms with Gasteiger partial charge in [-0.1, -0.05) is 5.16 Å². The van der Waals surface area contributed by atoms with E-state index >= 15 is 0 Å². The molecule has 0 heterocycles. The first-order chi connectivity index (χ1) is 5.24. The molecular weight excluding hydrogens is 148 g/mol. The third-order valence-corrected chi connectivity index (χ3v) is 1.22. The molecule has 0 fully saturated rings. The molecule has 11 heavy (non-hydrogen) atoms. The van der Waals surface area contributed by atoms with Crippen LogP contribution in [0.25, 0.3) is 0 Å². The van der Waals surface area contributed by atoms with Gasteiger partial charge in [-0.3, -0.25) is 4.79 Å². The van der Waals surface area contributed by atoms with Crippen LogP contribution in [-0.2, 0) is 9.53 Å². The second-order valence-electron chi connectivity index (χ2n) is 1.95. The summed E-state index contributed by atoms with van der Waals surface area (Å²) in [7, 11) is 1.31. The van der Waals surface area contributed by atoms with E-state index in [0.29, 0.717) is 12.1 Å². The van der Waals surface area contributed by atoms with Gasteiger partial charge in [0.1, 0.15) is 0 Å². The lowest BCUT2D eigenvalue weighted by molar-refractivity contribution is -0.140. The van der Waals surface area contributed by atoms with Gasteiger partial charge in [-0.25, -0.2) is 0 Å². The fraction of sp³-hybridized carbons (Fsp3) is 0.667. The summed E-state index contributed by atoms with van der Waals surface area (Å²) in [6.07, 6.45) is 0.548. The zero-order valence-electron chi connectivity index (χ0n) is 6.41. The summed E-state index contributed by atoms with van der Waals surface area (Å²) in [5, 5.41) is 11.2. The van der Waals surface area contributed by atoms with Gasteiger partial charge >= 0.3 is 5.97 Å². The number of esters is 1. The number of nitrogens with zero attached hydrogens (tertiary/aromatic N) is 1. The summed E-state index contributed by atoms with van der Waals surface area (Å²) in [4.78, 5) is 10.5. The van der Waals surface area contributed by atoms with Crippen LogP contribution in [0.2, 0.25) is 0 Å². The van der Waals surface area contributed by atoms with Gasteiger partial charge in [-0.2, -0.15) is 0 Å². The second kappa shape index (κ2) is 5.67. The van der Waals surface area contributed by atoms with Crippen LogP contribution in [0.5, 0.6) is 0 Å². The van der Waals surface area contributed by atoms with Crippen molar-refractivity contribution < 1.29 is 14.7 Å². The van der Waals surface area contributed by atoms with Gasteiger partial charge in [0.15, 0.2) is 0 Å². The van der Waals surface area contributed by atoms with Crippen LogP contribution >= 0.6 is 0 Å². The van der Waals surface area contributed by atoms with E-state index in [1.807, 2.05) is 0 Å². The fourth-order valence-electron chi connectivity index (χ4n) is 0.541. The maximum atomic E-state index is 10.5. The summed E-state index contributed by atoms with van der Waals surface area (Å²) < 4.78 is 4.37. The lowest BCUT2D eigenvalue weighted by Crippen LogP contribution is -2.15. The van der Waals surface area contributed by atoms with Gasteiger partial charge in [-0.15, -0.1) is 0 Å². The van der Waals surface area contributed by atoms with E-state index in [9.17, 15) is 4.79 Å². The molecule has 0 unspecified atom stereocenters. The molecular formula is C6H12N2O3. The Kier molecular flexibility index (Phi) is 5.10. The molecule has 0 aromatic carbocycles. The minimum Gasteiger partial charge on any atom is -0.469 e. The number of nitrogens with two attached hydrogens (primary N) is 1. The largest absolute Gasteiger partial charge is 0.469 e. The standard InChI is InChI=1S/C6H12N2O3/c1-11-6(9)3-2-5(4-7)8-10/h10H,2-4,7H2,1H3/b8-5-. The fourth-order valence-corrected chi connectivity index (χ4v) is 0.541. The smallest absolute Gasteiger partial charge is 0.305 e. The Balaban J connectivity index is 3.60. The highest BCUT2D eigenvalue weighted by molar-refractivity contribution is 5.88. The van der Waals surface area contributed by atoms with Gasteiger partial charge in [0.2, 0.25) is 0 Å². The lowest BCUT2D eigenvalue weighted by Gasteiger charge is -1.98. The third-order valence-electron chi connectivity index (χ3n) is 1.22. The van der Waals surface area contributed by atoms with Crippen molar-refractivity contribution in [1.82, 2.24) is 0 Å². The molecule has 0 amide bonds. The molecule has 0 radical (unpaired) electrons. The summed E-state index contributed by atoms with van der Waals surface area (Å²) in [6.45, 7) is 0.160. The van der Waals surface area contributed by atoms with Gasteiger partial charge in [0, 0.05) is 13.0 Å². The Morgan fingerprint density at radius 2 is 2.27 bits per heavy atom. The minimum atomic E-state index is -0.334. The van der Waals surface area contributed by atoms with Crippen LogP contribution in [0.3, 0.4) is 0 Å². The molecule has 64 valence electrons. The first-order valence-electron chi connectivity index (χ1n) is 3.21. The maximum Gasteiger partial charge on any atom is 0.305 e. The Morgan fingerprint density at radius 1 is 1.64 bits per heavy atom. The number of rotatable bonds is 4. The quantitative estimate of drug-likeness (QED) is 0.256. The highest BCUT2D eigenvalue weighted by atomic mass is 16.5. The van der Waals surface area contributed by atoms with E-state index in [0.717, 1.165) is 0 Å². The van der Waals surface area contributed by atoms with E-state index in [1.54, 1.807) is 0 Å². The molecule has 5 heteroatoms. The van der Waals surface area contributed by atoms with Crippen molar-refractivity contribution in [2.24, 2.45) is 10.9 Å². The Labute approximate surface area is 64.8 Å². The SMILES string of the molecule is COC(=O)CC/C(CN)=N/O. The third kappa shape index (κ3) is 4.32. The normalized spacial score (nSPS) is 11.3. The lowest BCUT2D eigenvalue weighted by atomic mass is 10.2. The Bertz CT molecular complexity index is 156. The molecule has 0 saturated carbocycles. The molecule has 0 aliphatic heterocycles. The van der Waals surface area contributed by atoms with Crippen LogP contribution in [0.15, 0.2) is 5.16 Å². The molecule has 3 N–H and O–H groups in total. The van der Waals surface area contributed by atoms with Gasteiger partial charge in [-0.05, 0) is 0 Å². The number of carbonyl (C=O) groups excluding carboxylic acids is 1. The Morgan fingerprint density at radius 3 is 2.64 bits per heavy atom. The zero-order chi connectivity index (χ0) is 8.69. The molecule has 0 aliphatic rings. The average Bonchev–Trinajstić information content (AvgIpc) is 2.06. The number of methoxy groups -OCH3 is 1. The topological polar surface area (TPSA) is 84.9 Å². The number of carbonyl (C=O) groups is 1. The van der Waals surface area contributed by atoms with Crippen molar-refractivity contribution in [2.75, 3.05) is 13.7 Å². The number of hydrogen-bond acceptors (Lipinski definition) is 5. The summed E-state index contributed by atoms with van der Waals surface area (Å²) in [5.74, 6) is -0.334. The van der Waals surface area contributed by atoms with Crippen LogP contribution in [0.1, 0.15) is 12.8 Å². The molecule has 0 aliphatic carbocycles. The van der Waals surface area contributed by atoms with Crippen molar-refractivity contribution in [1.29, 1.82) is 0 Å². The predicted molar refractivity (Wildman–Crippen MR) is 39.5 cm³/mol. The zero-order valence-corrected chi connectivity index (χ0v) is 6.41. The average molecular weight is 160 g/mol. The van der Waals surface area contributed by atoms with Gasteiger partial charge < -0.3 is 15.7 Å². The first kappa shape index (κ1) is 9.90. The predicted octanol–water partition coefficient (Wildman–Crippen LogP) is -0.272. The van der Waals surface area contributed by atoms with Crippen molar-refractivity contribution in [2.45, 2.75) is 12.8 Å². The molecule has 0 aromatic rings. The summed E-state index contributed by atoms with van der Waals surface area (Å²) in [6, 6.07) is 0. The summed E-state index contributed by atoms with van der Waals surface area (Å²) >= 11 is 0. The highest BCUT2D eigenvalue weighted by Gasteiger charge is 2.03. The van der Waals surface area contributed by atoms with Crippen LogP contribution < -0.4 is 5.73 Å². The van der Waals surface area contributed by atoms with E-state index in [4.69, 9.17) is 10.9 Å². The van der Waals surface area contributed by atoms with Gasteiger partial charge in [0.25, 0.3) is 0 Å². The Hall–Kier alpha value is -1.10. The number of hydrogen-bond donors (Lipinski definition) is 2. The van der Waals surface area contributed by atoms with Crippen LogP contribution in [-0.4, -0.2) is 30.5 Å². The van der Waals surface area contributed by atoms with Crippen molar-refractivity contribution in [3.63, 3.8) is 0 Å². The van der Waals surface area contributed by atoms with Crippen molar-refractivity contribution in [3.8, 4) is 0 Å². The van der Waals surface area contributed by atoms with E-state index in [-0.39, 0.29) is 18.9 Å². The molecule has 0 atom stereocenters. The van der Waals surface area contributed by atoms with Crippen LogP contribution in [0, 0.1) is 0 Å². The molecule has 0 aromatic heterocycles. The first-order valence-corrected chi connectivity index (χ1v) is 3.21. The second-order valence-corrected chi connectivity index (χ2v) is 1.95. The maximum absolute atomic E-state index is 10.5. The monoisotopic (exact) mass is 160 g/mol. The number of oxime groups is 1. The van der Waals surface area contributed by atoms with E-state index in [2.05, 4.69) is 9.89 Å². The number of ether oxygens (including phenoxy) is 1. The summed E-state index contributed by atoms with van der Waals surface area (Å²) in [5.41, 5.74) is 5.57. The van der Waals surface area contributed by atoms with Gasteiger partial charge in [0.05, 0.1) is 19.2 Å². The van der Waals surface area contributed by atoms with Crippen molar-refractivity contribution in [3.05, 3.63) is 0 Å². The molecule has 0 rings (SSSR count). The van der Waals surface area contributed by atoms with E-state index in [1.165, 1.54) is 7.11 Å². The highest BCUT2D eigenvalue weighted by Crippen LogP contribution is 1.93. The molecule has 0 spiro atoms. The molecule has 5 nitrogen and oxygen atoms in total.